The van der Waals surface area contributed by atoms with Crippen molar-refractivity contribution in [2.45, 2.75) is 25.7 Å². The fourth-order valence-corrected chi connectivity index (χ4v) is 2.08. The summed E-state index contributed by atoms with van der Waals surface area (Å²) in [6.45, 7) is 0. The summed E-state index contributed by atoms with van der Waals surface area (Å²) >= 11 is 11.9. The molecule has 5 heteroatoms. The summed E-state index contributed by atoms with van der Waals surface area (Å²) in [5.41, 5.74) is 0.805. The fraction of sp³-hybridized carbons (Fsp3) is 0.333. The number of carboxylic acids is 1. The number of rotatable bonds is 6. The molecule has 0 aliphatic rings. The molecule has 0 radical (unpaired) electrons. The molecule has 1 N–H and O–H groups in total. The molecule has 0 aliphatic carbocycles. The summed E-state index contributed by atoms with van der Waals surface area (Å²) in [4.78, 5) is 21.5. The lowest BCUT2D eigenvalue weighted by Gasteiger charge is -2.05. The average molecular weight is 275 g/mol. The van der Waals surface area contributed by atoms with E-state index in [2.05, 4.69) is 0 Å². The molecular weight excluding hydrogens is 263 g/mol. The van der Waals surface area contributed by atoms with Crippen molar-refractivity contribution < 1.29 is 14.7 Å². The standard InChI is InChI=1S/C12H12Cl2O3/c13-10-5-2-6-11(14)9(10)4-1-3-8(15)7-12(16)17/h2,5-6H,1,3-4,7H2,(H,16,17). The first-order valence-electron chi connectivity index (χ1n) is 5.17. The zero-order valence-corrected chi connectivity index (χ0v) is 10.6. The summed E-state index contributed by atoms with van der Waals surface area (Å²) in [5, 5.41) is 9.57. The van der Waals surface area contributed by atoms with Crippen molar-refractivity contribution >= 4 is 35.0 Å². The molecule has 0 heterocycles. The molecule has 0 spiro atoms. The Morgan fingerprint density at radius 3 is 2.29 bits per heavy atom. The Morgan fingerprint density at radius 2 is 1.76 bits per heavy atom. The first kappa shape index (κ1) is 14.0. The van der Waals surface area contributed by atoms with Crippen molar-refractivity contribution in [3.8, 4) is 0 Å². The fourth-order valence-electron chi connectivity index (χ4n) is 1.49. The number of Topliss-reactive ketones (excluding diaryl/α,β-unsaturated/α-hetero) is 1. The third-order valence-electron chi connectivity index (χ3n) is 2.29. The van der Waals surface area contributed by atoms with Crippen LogP contribution in [0.25, 0.3) is 0 Å². The molecule has 0 saturated carbocycles. The Morgan fingerprint density at radius 1 is 1.18 bits per heavy atom. The Balaban J connectivity index is 2.46. The van der Waals surface area contributed by atoms with Gasteiger partial charge in [-0.25, -0.2) is 0 Å². The molecular formula is C12H12Cl2O3. The number of carbonyl (C=O) groups is 2. The van der Waals surface area contributed by atoms with Crippen molar-refractivity contribution in [1.29, 1.82) is 0 Å². The zero-order chi connectivity index (χ0) is 12.8. The van der Waals surface area contributed by atoms with Gasteiger partial charge in [0, 0.05) is 16.5 Å². The minimum atomic E-state index is -1.09. The molecule has 0 unspecified atom stereocenters. The number of carbonyl (C=O) groups excluding carboxylic acids is 1. The maximum absolute atomic E-state index is 11.2. The summed E-state index contributed by atoms with van der Waals surface area (Å²) in [5.74, 6) is -1.37. The van der Waals surface area contributed by atoms with Crippen LogP contribution in [0.3, 0.4) is 0 Å². The van der Waals surface area contributed by atoms with E-state index in [0.717, 1.165) is 5.56 Å². The highest BCUT2D eigenvalue weighted by Gasteiger charge is 2.09. The maximum atomic E-state index is 11.2. The monoisotopic (exact) mass is 274 g/mol. The van der Waals surface area contributed by atoms with Crippen LogP contribution in [0.2, 0.25) is 10.0 Å². The molecule has 0 amide bonds. The quantitative estimate of drug-likeness (QED) is 0.810. The Kier molecular flexibility index (Phi) is 5.45. The minimum Gasteiger partial charge on any atom is -0.481 e. The van der Waals surface area contributed by atoms with Crippen LogP contribution in [0.4, 0.5) is 0 Å². The van der Waals surface area contributed by atoms with E-state index in [1.807, 2.05) is 0 Å². The van der Waals surface area contributed by atoms with E-state index >= 15 is 0 Å². The molecule has 0 atom stereocenters. The number of benzene rings is 1. The molecule has 0 fully saturated rings. The second-order valence-corrected chi connectivity index (χ2v) is 4.48. The number of hydrogen-bond acceptors (Lipinski definition) is 2. The van der Waals surface area contributed by atoms with Gasteiger partial charge < -0.3 is 5.11 Å². The lowest BCUT2D eigenvalue weighted by molar-refractivity contribution is -0.140. The van der Waals surface area contributed by atoms with Gasteiger partial charge in [-0.3, -0.25) is 9.59 Å². The molecule has 0 bridgehead atoms. The van der Waals surface area contributed by atoms with E-state index in [4.69, 9.17) is 28.3 Å². The smallest absolute Gasteiger partial charge is 0.310 e. The predicted molar refractivity (Wildman–Crippen MR) is 66.7 cm³/mol. The Hall–Kier alpha value is -1.06. The number of carboxylic acid groups (broad SMARTS) is 1. The largest absolute Gasteiger partial charge is 0.481 e. The van der Waals surface area contributed by atoms with Crippen LogP contribution in [0.15, 0.2) is 18.2 Å². The first-order chi connectivity index (χ1) is 8.00. The van der Waals surface area contributed by atoms with Gasteiger partial charge in [0.1, 0.15) is 12.2 Å². The van der Waals surface area contributed by atoms with Crippen LogP contribution in [0.5, 0.6) is 0 Å². The zero-order valence-electron chi connectivity index (χ0n) is 9.08. The van der Waals surface area contributed by atoms with Gasteiger partial charge in [-0.15, -0.1) is 0 Å². The molecule has 0 aromatic heterocycles. The van der Waals surface area contributed by atoms with Gasteiger partial charge in [0.15, 0.2) is 0 Å². The van der Waals surface area contributed by atoms with Gasteiger partial charge in [-0.2, -0.15) is 0 Å². The van der Waals surface area contributed by atoms with Crippen LogP contribution >= 0.6 is 23.2 Å². The summed E-state index contributed by atoms with van der Waals surface area (Å²) < 4.78 is 0. The van der Waals surface area contributed by atoms with Crippen molar-refractivity contribution in [2.75, 3.05) is 0 Å². The highest BCUT2D eigenvalue weighted by molar-refractivity contribution is 6.35. The van der Waals surface area contributed by atoms with Crippen molar-refractivity contribution in [1.82, 2.24) is 0 Å². The van der Waals surface area contributed by atoms with Crippen molar-refractivity contribution in [3.63, 3.8) is 0 Å². The van der Waals surface area contributed by atoms with E-state index < -0.39 is 12.4 Å². The molecule has 1 aromatic rings. The third kappa shape index (κ3) is 4.75. The van der Waals surface area contributed by atoms with Crippen molar-refractivity contribution in [2.24, 2.45) is 0 Å². The van der Waals surface area contributed by atoms with Crippen LogP contribution in [-0.2, 0) is 16.0 Å². The van der Waals surface area contributed by atoms with Crippen LogP contribution in [0.1, 0.15) is 24.8 Å². The highest BCUT2D eigenvalue weighted by Crippen LogP contribution is 2.25. The van der Waals surface area contributed by atoms with Crippen molar-refractivity contribution in [3.05, 3.63) is 33.8 Å². The maximum Gasteiger partial charge on any atom is 0.310 e. The topological polar surface area (TPSA) is 54.4 Å². The number of halogens is 2. The number of ketones is 1. The second kappa shape index (κ2) is 6.62. The SMILES string of the molecule is O=C(O)CC(=O)CCCc1c(Cl)cccc1Cl. The van der Waals surface area contributed by atoms with Crippen LogP contribution in [-0.4, -0.2) is 16.9 Å². The summed E-state index contributed by atoms with van der Waals surface area (Å²) in [6.07, 6.45) is 0.934. The normalized spacial score (nSPS) is 10.2. The van der Waals surface area contributed by atoms with Gasteiger partial charge in [0.2, 0.25) is 0 Å². The number of aliphatic carboxylic acids is 1. The highest BCUT2D eigenvalue weighted by atomic mass is 35.5. The predicted octanol–water partition coefficient (Wildman–Crippen LogP) is 3.36. The Labute approximate surface area is 109 Å². The summed E-state index contributed by atoms with van der Waals surface area (Å²) in [7, 11) is 0. The van der Waals surface area contributed by atoms with E-state index in [-0.39, 0.29) is 12.2 Å². The van der Waals surface area contributed by atoms with Gasteiger partial charge >= 0.3 is 5.97 Å². The van der Waals surface area contributed by atoms with Gasteiger partial charge in [0.05, 0.1) is 0 Å². The minimum absolute atomic E-state index is 0.230. The summed E-state index contributed by atoms with van der Waals surface area (Å²) in [6, 6.07) is 5.23. The molecule has 1 aromatic carbocycles. The van der Waals surface area contributed by atoms with E-state index in [1.165, 1.54) is 0 Å². The van der Waals surface area contributed by atoms with Gasteiger partial charge in [-0.05, 0) is 30.5 Å². The lowest BCUT2D eigenvalue weighted by Crippen LogP contribution is -2.06. The van der Waals surface area contributed by atoms with Gasteiger partial charge in [-0.1, -0.05) is 29.3 Å². The molecule has 1 rings (SSSR count). The van der Waals surface area contributed by atoms with E-state index in [0.29, 0.717) is 22.9 Å². The van der Waals surface area contributed by atoms with E-state index in [9.17, 15) is 9.59 Å². The molecule has 0 aliphatic heterocycles. The number of hydrogen-bond donors (Lipinski definition) is 1. The molecule has 3 nitrogen and oxygen atoms in total. The second-order valence-electron chi connectivity index (χ2n) is 3.66. The molecule has 92 valence electrons. The van der Waals surface area contributed by atoms with Crippen LogP contribution in [0, 0.1) is 0 Å². The Bertz CT molecular complexity index is 410. The third-order valence-corrected chi connectivity index (χ3v) is 3.00. The molecule has 17 heavy (non-hydrogen) atoms. The first-order valence-corrected chi connectivity index (χ1v) is 5.92. The lowest BCUT2D eigenvalue weighted by atomic mass is 10.1. The van der Waals surface area contributed by atoms with Crippen LogP contribution < -0.4 is 0 Å². The van der Waals surface area contributed by atoms with E-state index in [1.54, 1.807) is 18.2 Å². The average Bonchev–Trinajstić information content (AvgIpc) is 2.21. The molecule has 0 saturated heterocycles. The van der Waals surface area contributed by atoms with Gasteiger partial charge in [0.25, 0.3) is 0 Å².